The van der Waals surface area contributed by atoms with Gasteiger partial charge < -0.3 is 29.9 Å². The molecular weight excluding hydrogens is 416 g/mol. The number of H-pyrrole nitrogens is 1. The second-order valence-corrected chi connectivity index (χ2v) is 8.16. The molecule has 2 aromatic heterocycles. The van der Waals surface area contributed by atoms with Crippen molar-refractivity contribution in [2.24, 2.45) is 0 Å². The van der Waals surface area contributed by atoms with Gasteiger partial charge in [0.1, 0.15) is 18.3 Å². The number of aliphatic hydroxyl groups is 3. The van der Waals surface area contributed by atoms with Crippen molar-refractivity contribution in [1.82, 2.24) is 24.4 Å². The number of nitrogens with one attached hydrogen (secondary N) is 1. The van der Waals surface area contributed by atoms with Crippen LogP contribution in [0.2, 0.25) is 0 Å². The third kappa shape index (κ3) is 3.67. The Labute approximate surface area is 183 Å². The molecule has 32 heavy (non-hydrogen) atoms. The second kappa shape index (κ2) is 8.60. The number of aromatic amines is 1. The number of ether oxygens (including phenoxy) is 1. The van der Waals surface area contributed by atoms with Gasteiger partial charge in [0.05, 0.1) is 12.9 Å². The Kier molecular flexibility index (Phi) is 5.66. The third-order valence-electron chi connectivity index (χ3n) is 6.14. The van der Waals surface area contributed by atoms with Crippen LogP contribution in [0.15, 0.2) is 41.5 Å². The summed E-state index contributed by atoms with van der Waals surface area (Å²) >= 11 is 0. The molecule has 0 spiro atoms. The van der Waals surface area contributed by atoms with Gasteiger partial charge in [-0.05, 0) is 5.56 Å². The molecule has 0 unspecified atom stereocenters. The van der Waals surface area contributed by atoms with E-state index in [0.717, 1.165) is 19.6 Å². The first kappa shape index (κ1) is 21.0. The van der Waals surface area contributed by atoms with Crippen LogP contribution in [0.25, 0.3) is 11.2 Å². The fourth-order valence-corrected chi connectivity index (χ4v) is 4.41. The van der Waals surface area contributed by atoms with Crippen molar-refractivity contribution in [3.63, 3.8) is 0 Å². The maximum absolute atomic E-state index is 12.4. The van der Waals surface area contributed by atoms with Gasteiger partial charge >= 0.3 is 0 Å². The number of aliphatic hydroxyl groups excluding tert-OH is 3. The van der Waals surface area contributed by atoms with E-state index in [2.05, 4.69) is 32.0 Å². The molecule has 0 aliphatic carbocycles. The minimum absolute atomic E-state index is 0.131. The van der Waals surface area contributed by atoms with Crippen LogP contribution in [0.1, 0.15) is 11.8 Å². The van der Waals surface area contributed by atoms with Crippen molar-refractivity contribution in [1.29, 1.82) is 0 Å². The molecule has 2 aliphatic rings. The highest BCUT2D eigenvalue weighted by molar-refractivity contribution is 5.74. The van der Waals surface area contributed by atoms with Gasteiger partial charge in [0.15, 0.2) is 17.4 Å². The van der Waals surface area contributed by atoms with Crippen molar-refractivity contribution in [2.75, 3.05) is 37.7 Å². The number of anilines is 1. The highest BCUT2D eigenvalue weighted by atomic mass is 16.6. The van der Waals surface area contributed by atoms with Crippen molar-refractivity contribution >= 4 is 17.1 Å². The molecule has 0 saturated carbocycles. The molecule has 170 valence electrons. The quantitative estimate of drug-likeness (QED) is 0.394. The largest absolute Gasteiger partial charge is 0.394 e. The number of aromatic nitrogens is 4. The number of piperazine rings is 1. The topological polar surface area (TPSA) is 140 Å². The molecule has 11 heteroatoms. The number of hydrogen-bond acceptors (Lipinski definition) is 9. The standard InChI is InChI=1S/C21H26N6O5/c28-11-14-16(29)17(30)20(32-14)27-18-15(19(31)23-12-22-18)24-21(27)26-8-6-25(7-9-26)10-13-4-2-1-3-5-13/h1-5,12,14,16-17,20,28-30H,6-11H2,(H,22,23,31)/t14-,16-,17-,20-/m1/s1. The summed E-state index contributed by atoms with van der Waals surface area (Å²) in [5.74, 6) is 0.443. The van der Waals surface area contributed by atoms with Crippen molar-refractivity contribution in [2.45, 2.75) is 31.1 Å². The lowest BCUT2D eigenvalue weighted by Crippen LogP contribution is -2.47. The molecule has 2 aliphatic heterocycles. The molecule has 1 aromatic carbocycles. The molecule has 0 amide bonds. The summed E-state index contributed by atoms with van der Waals surface area (Å²) in [7, 11) is 0. The first-order chi connectivity index (χ1) is 15.6. The summed E-state index contributed by atoms with van der Waals surface area (Å²) in [6.07, 6.45) is -3.27. The summed E-state index contributed by atoms with van der Waals surface area (Å²) in [6.45, 7) is 3.30. The van der Waals surface area contributed by atoms with Gasteiger partial charge in [0.2, 0.25) is 5.95 Å². The molecule has 11 nitrogen and oxygen atoms in total. The van der Waals surface area contributed by atoms with E-state index in [9.17, 15) is 20.1 Å². The van der Waals surface area contributed by atoms with Crippen LogP contribution >= 0.6 is 0 Å². The van der Waals surface area contributed by atoms with E-state index in [0.29, 0.717) is 19.0 Å². The lowest BCUT2D eigenvalue weighted by molar-refractivity contribution is -0.0505. The predicted octanol–water partition coefficient (Wildman–Crippen LogP) is -0.947. The first-order valence-electron chi connectivity index (χ1n) is 10.7. The second-order valence-electron chi connectivity index (χ2n) is 8.16. The Morgan fingerprint density at radius 3 is 2.53 bits per heavy atom. The van der Waals surface area contributed by atoms with E-state index in [1.54, 1.807) is 4.57 Å². The molecule has 4 N–H and O–H groups in total. The molecular formula is C21H26N6O5. The van der Waals surface area contributed by atoms with Gasteiger partial charge in [-0.2, -0.15) is 0 Å². The maximum atomic E-state index is 12.4. The van der Waals surface area contributed by atoms with Gasteiger partial charge in [-0.25, -0.2) is 9.97 Å². The minimum atomic E-state index is -1.30. The molecule has 0 radical (unpaired) electrons. The Morgan fingerprint density at radius 1 is 1.09 bits per heavy atom. The number of benzene rings is 1. The zero-order chi connectivity index (χ0) is 22.2. The van der Waals surface area contributed by atoms with Crippen LogP contribution in [0.5, 0.6) is 0 Å². The molecule has 2 saturated heterocycles. The van der Waals surface area contributed by atoms with Gasteiger partial charge in [-0.15, -0.1) is 0 Å². The minimum Gasteiger partial charge on any atom is -0.394 e. The van der Waals surface area contributed by atoms with Crippen LogP contribution in [0, 0.1) is 0 Å². The summed E-state index contributed by atoms with van der Waals surface area (Å²) in [5, 5.41) is 30.4. The van der Waals surface area contributed by atoms with E-state index in [4.69, 9.17) is 4.74 Å². The van der Waals surface area contributed by atoms with Crippen LogP contribution in [-0.2, 0) is 11.3 Å². The highest BCUT2D eigenvalue weighted by Crippen LogP contribution is 2.35. The number of fused-ring (bicyclic) bond motifs is 1. The Hall–Kier alpha value is -2.83. The van der Waals surface area contributed by atoms with E-state index in [1.165, 1.54) is 11.9 Å². The van der Waals surface area contributed by atoms with Gasteiger partial charge in [0.25, 0.3) is 5.56 Å². The zero-order valence-electron chi connectivity index (χ0n) is 17.4. The van der Waals surface area contributed by atoms with Crippen LogP contribution in [0.3, 0.4) is 0 Å². The zero-order valence-corrected chi connectivity index (χ0v) is 17.4. The average Bonchev–Trinajstić information content (AvgIpc) is 3.33. The number of rotatable bonds is 5. The summed E-state index contributed by atoms with van der Waals surface area (Å²) in [5.41, 5.74) is 1.23. The van der Waals surface area contributed by atoms with Crippen LogP contribution < -0.4 is 10.5 Å². The Morgan fingerprint density at radius 2 is 1.84 bits per heavy atom. The SMILES string of the molecule is O=c1[nH]cnc2c1nc(N1CCN(Cc3ccccc3)CC1)n2[C@@H]1O[C@H](CO)[C@@H](O)[C@H]1O. The third-order valence-corrected chi connectivity index (χ3v) is 6.14. The molecule has 0 bridgehead atoms. The van der Waals surface area contributed by atoms with Gasteiger partial charge in [-0.3, -0.25) is 14.3 Å². The van der Waals surface area contributed by atoms with E-state index in [-0.39, 0.29) is 11.2 Å². The highest BCUT2D eigenvalue weighted by Gasteiger charge is 2.45. The molecule has 5 rings (SSSR count). The monoisotopic (exact) mass is 442 g/mol. The average molecular weight is 442 g/mol. The lowest BCUT2D eigenvalue weighted by atomic mass is 10.1. The van der Waals surface area contributed by atoms with Crippen molar-refractivity contribution in [3.05, 3.63) is 52.6 Å². The number of hydrogen-bond donors (Lipinski definition) is 4. The number of imidazole rings is 1. The maximum Gasteiger partial charge on any atom is 0.278 e. The van der Waals surface area contributed by atoms with E-state index < -0.39 is 36.7 Å². The van der Waals surface area contributed by atoms with Crippen molar-refractivity contribution in [3.8, 4) is 0 Å². The van der Waals surface area contributed by atoms with Gasteiger partial charge in [-0.1, -0.05) is 30.3 Å². The number of nitrogens with zero attached hydrogens (tertiary/aromatic N) is 5. The fourth-order valence-electron chi connectivity index (χ4n) is 4.41. The summed E-state index contributed by atoms with van der Waals surface area (Å²) < 4.78 is 7.30. The predicted molar refractivity (Wildman–Crippen MR) is 115 cm³/mol. The van der Waals surface area contributed by atoms with Crippen LogP contribution in [-0.4, -0.2) is 90.8 Å². The van der Waals surface area contributed by atoms with Crippen molar-refractivity contribution < 1.29 is 20.1 Å². The first-order valence-corrected chi connectivity index (χ1v) is 10.7. The molecule has 2 fully saturated rings. The molecule has 3 aromatic rings. The Bertz CT molecular complexity index is 1130. The van der Waals surface area contributed by atoms with E-state index in [1.807, 2.05) is 23.1 Å². The summed E-state index contributed by atoms with van der Waals surface area (Å²) in [4.78, 5) is 28.0. The normalized spacial score (nSPS) is 26.8. The van der Waals surface area contributed by atoms with E-state index >= 15 is 0 Å². The molecule has 4 atom stereocenters. The van der Waals surface area contributed by atoms with Crippen LogP contribution in [0.4, 0.5) is 5.95 Å². The molecule has 4 heterocycles. The summed E-state index contributed by atoms with van der Waals surface area (Å²) in [6, 6.07) is 10.3. The smallest absolute Gasteiger partial charge is 0.278 e. The lowest BCUT2D eigenvalue weighted by Gasteiger charge is -2.36. The Balaban J connectivity index is 1.44. The van der Waals surface area contributed by atoms with Gasteiger partial charge in [0, 0.05) is 32.7 Å². The fraction of sp³-hybridized carbons (Fsp3) is 0.476.